The first kappa shape index (κ1) is 18.5. The van der Waals surface area contributed by atoms with Crippen LogP contribution in [0.4, 0.5) is 0 Å². The summed E-state index contributed by atoms with van der Waals surface area (Å²) in [6.45, 7) is 4.04. The summed E-state index contributed by atoms with van der Waals surface area (Å²) in [4.78, 5) is 30.4. The van der Waals surface area contributed by atoms with Crippen LogP contribution in [0.25, 0.3) is 22.3 Å². The van der Waals surface area contributed by atoms with Crippen LogP contribution in [-0.4, -0.2) is 20.6 Å². The summed E-state index contributed by atoms with van der Waals surface area (Å²) in [5.41, 5.74) is 2.89. The van der Waals surface area contributed by atoms with Gasteiger partial charge in [-0.05, 0) is 40.4 Å². The number of fused-ring (bicyclic) bond motifs is 5. The summed E-state index contributed by atoms with van der Waals surface area (Å²) in [5.74, 6) is -0.712. The minimum atomic E-state index is -1.81. The quantitative estimate of drug-likeness (QED) is 0.469. The van der Waals surface area contributed by atoms with Crippen LogP contribution in [0, 0.1) is 0 Å². The maximum Gasteiger partial charge on any atom is 0.343 e. The predicted octanol–water partition coefficient (Wildman–Crippen LogP) is 3.40. The summed E-state index contributed by atoms with van der Waals surface area (Å²) in [6, 6.07) is 7.82. The molecule has 2 aliphatic heterocycles. The first-order valence-electron chi connectivity index (χ1n) is 9.67. The number of ether oxygens (including phenoxy) is 1. The maximum absolute atomic E-state index is 13.2. The van der Waals surface area contributed by atoms with Crippen molar-refractivity contribution >= 4 is 32.8 Å². The van der Waals surface area contributed by atoms with Crippen molar-refractivity contribution in [2.45, 2.75) is 45.4 Å². The molecule has 0 bridgehead atoms. The van der Waals surface area contributed by atoms with Crippen LogP contribution in [-0.2, 0) is 34.7 Å². The third-order valence-electron chi connectivity index (χ3n) is 6.11. The molecule has 148 valence electrons. The molecule has 3 aromatic rings. The Hall–Kier alpha value is -2.51. The van der Waals surface area contributed by atoms with Crippen molar-refractivity contribution in [1.82, 2.24) is 9.55 Å². The number of halogens is 1. The van der Waals surface area contributed by atoms with Crippen LogP contribution < -0.4 is 5.56 Å². The molecule has 0 saturated heterocycles. The van der Waals surface area contributed by atoms with Crippen LogP contribution >= 0.6 is 15.9 Å². The summed E-state index contributed by atoms with van der Waals surface area (Å²) in [6.07, 6.45) is 0.970. The third-order valence-corrected chi connectivity index (χ3v) is 7.02. The molecule has 0 amide bonds. The lowest BCUT2D eigenvalue weighted by molar-refractivity contribution is -0.172. The highest BCUT2D eigenvalue weighted by Gasteiger charge is 2.45. The number of aliphatic hydroxyl groups is 1. The number of aryl methyl sites for hydroxylation is 1. The number of pyridine rings is 2. The van der Waals surface area contributed by atoms with Gasteiger partial charge in [0.1, 0.15) is 6.61 Å². The van der Waals surface area contributed by atoms with Gasteiger partial charge in [-0.15, -0.1) is 0 Å². The third kappa shape index (κ3) is 2.34. The van der Waals surface area contributed by atoms with E-state index in [0.29, 0.717) is 29.1 Å². The Morgan fingerprint density at radius 3 is 2.79 bits per heavy atom. The van der Waals surface area contributed by atoms with Gasteiger partial charge in [-0.1, -0.05) is 32.0 Å². The summed E-state index contributed by atoms with van der Waals surface area (Å²) in [5, 5.41) is 12.0. The molecule has 0 fully saturated rings. The van der Waals surface area contributed by atoms with Gasteiger partial charge in [0.15, 0.2) is 5.60 Å². The van der Waals surface area contributed by atoms with Crippen molar-refractivity contribution < 1.29 is 14.6 Å². The molecule has 29 heavy (non-hydrogen) atoms. The van der Waals surface area contributed by atoms with Crippen molar-refractivity contribution in [3.63, 3.8) is 0 Å². The second-order valence-corrected chi connectivity index (χ2v) is 8.32. The van der Waals surface area contributed by atoms with Gasteiger partial charge in [0.05, 0.1) is 29.0 Å². The molecule has 6 nitrogen and oxygen atoms in total. The van der Waals surface area contributed by atoms with E-state index in [1.807, 2.05) is 12.1 Å². The summed E-state index contributed by atoms with van der Waals surface area (Å²) in [7, 11) is 0. The van der Waals surface area contributed by atoms with Gasteiger partial charge in [0.25, 0.3) is 5.56 Å². The molecule has 0 saturated carbocycles. The molecule has 5 rings (SSSR count). The number of carbonyl (C=O) groups is 1. The number of cyclic esters (lactones) is 1. The average molecular weight is 455 g/mol. The Morgan fingerprint density at radius 2 is 2.07 bits per heavy atom. The van der Waals surface area contributed by atoms with Crippen LogP contribution in [0.1, 0.15) is 42.5 Å². The highest BCUT2D eigenvalue weighted by Crippen LogP contribution is 2.42. The van der Waals surface area contributed by atoms with Crippen molar-refractivity contribution in [2.24, 2.45) is 0 Å². The number of carbonyl (C=O) groups excluding carboxylic acids is 1. The van der Waals surface area contributed by atoms with E-state index in [1.165, 1.54) is 0 Å². The zero-order valence-electron chi connectivity index (χ0n) is 16.1. The zero-order chi connectivity index (χ0) is 20.5. The van der Waals surface area contributed by atoms with Crippen molar-refractivity contribution in [3.05, 3.63) is 61.3 Å². The Morgan fingerprint density at radius 1 is 1.28 bits per heavy atom. The molecular formula is C22H19BrN2O4. The minimum absolute atomic E-state index is 0.123. The van der Waals surface area contributed by atoms with E-state index in [0.717, 1.165) is 32.9 Å². The number of aromatic nitrogens is 2. The predicted molar refractivity (Wildman–Crippen MR) is 112 cm³/mol. The van der Waals surface area contributed by atoms with Crippen LogP contribution in [0.5, 0.6) is 0 Å². The Balaban J connectivity index is 1.84. The standard InChI is InChI=1S/C22H19BrN2O4/c1-3-11-6-5-7-12-17(23)13-9-25-16(19(13)24-18(11)12)8-15-14(20(25)26)10-29-21(27)22(15,28)4-2/h5-8,28H,3-4,9-10H2,1-2H3/t22-/m0/s1. The van der Waals surface area contributed by atoms with Gasteiger partial charge < -0.3 is 14.4 Å². The van der Waals surface area contributed by atoms with Crippen LogP contribution in [0.3, 0.4) is 0 Å². The Kier molecular flexibility index (Phi) is 3.98. The first-order valence-corrected chi connectivity index (χ1v) is 10.5. The minimum Gasteiger partial charge on any atom is -0.458 e. The van der Waals surface area contributed by atoms with E-state index in [9.17, 15) is 14.7 Å². The lowest BCUT2D eigenvalue weighted by atomic mass is 9.86. The van der Waals surface area contributed by atoms with E-state index in [-0.39, 0.29) is 18.6 Å². The largest absolute Gasteiger partial charge is 0.458 e. The lowest BCUT2D eigenvalue weighted by Crippen LogP contribution is -2.44. The molecule has 1 N–H and O–H groups in total. The number of para-hydroxylation sites is 1. The fourth-order valence-electron chi connectivity index (χ4n) is 4.40. The maximum atomic E-state index is 13.2. The molecular weight excluding hydrogens is 436 g/mol. The zero-order valence-corrected chi connectivity index (χ0v) is 17.7. The Labute approximate surface area is 175 Å². The van der Waals surface area contributed by atoms with Crippen molar-refractivity contribution in [2.75, 3.05) is 0 Å². The molecule has 0 radical (unpaired) electrons. The van der Waals surface area contributed by atoms with E-state index < -0.39 is 11.6 Å². The Bertz CT molecular complexity index is 1280. The van der Waals surface area contributed by atoms with Gasteiger partial charge in [-0.25, -0.2) is 9.78 Å². The van der Waals surface area contributed by atoms with Crippen LogP contribution in [0.2, 0.25) is 0 Å². The molecule has 0 spiro atoms. The van der Waals surface area contributed by atoms with Crippen molar-refractivity contribution in [3.8, 4) is 11.4 Å². The van der Waals surface area contributed by atoms with E-state index in [1.54, 1.807) is 17.6 Å². The highest BCUT2D eigenvalue weighted by atomic mass is 79.9. The second kappa shape index (κ2) is 6.24. The molecule has 0 aliphatic carbocycles. The number of nitrogens with zero attached hydrogens (tertiary/aromatic N) is 2. The normalized spacial score (nSPS) is 19.7. The SMILES string of the molecule is CCc1cccc2c(Br)c3c(nc12)-c1cc2c(c(=O)n1C3)COC(=O)[C@]2(O)CC. The van der Waals surface area contributed by atoms with Crippen LogP contribution in [0.15, 0.2) is 33.5 Å². The lowest BCUT2D eigenvalue weighted by Gasteiger charge is -2.31. The number of benzene rings is 1. The topological polar surface area (TPSA) is 81.4 Å². The van der Waals surface area contributed by atoms with E-state index in [4.69, 9.17) is 9.72 Å². The molecule has 2 aliphatic rings. The molecule has 7 heteroatoms. The van der Waals surface area contributed by atoms with Gasteiger partial charge in [-0.2, -0.15) is 0 Å². The van der Waals surface area contributed by atoms with E-state index >= 15 is 0 Å². The molecule has 1 atom stereocenters. The smallest absolute Gasteiger partial charge is 0.343 e. The molecule has 1 aromatic carbocycles. The van der Waals surface area contributed by atoms with Gasteiger partial charge >= 0.3 is 5.97 Å². The average Bonchev–Trinajstić information content (AvgIpc) is 3.10. The number of hydrogen-bond acceptors (Lipinski definition) is 5. The second-order valence-electron chi connectivity index (χ2n) is 7.52. The van der Waals surface area contributed by atoms with Gasteiger partial charge in [0, 0.05) is 21.0 Å². The summed E-state index contributed by atoms with van der Waals surface area (Å²) >= 11 is 3.73. The first-order chi connectivity index (χ1) is 13.9. The molecule has 0 unspecified atom stereocenters. The highest BCUT2D eigenvalue weighted by molar-refractivity contribution is 9.10. The molecule has 2 aromatic heterocycles. The van der Waals surface area contributed by atoms with Gasteiger partial charge in [-0.3, -0.25) is 4.79 Å². The number of esters is 1. The van der Waals surface area contributed by atoms with Crippen molar-refractivity contribution in [1.29, 1.82) is 0 Å². The summed E-state index contributed by atoms with van der Waals surface area (Å²) < 4.78 is 7.70. The van der Waals surface area contributed by atoms with E-state index in [2.05, 4.69) is 28.9 Å². The number of hydrogen-bond donors (Lipinski definition) is 1. The van der Waals surface area contributed by atoms with Gasteiger partial charge in [0.2, 0.25) is 0 Å². The monoisotopic (exact) mass is 454 g/mol. The molecule has 4 heterocycles. The fraction of sp³-hybridized carbons (Fsp3) is 0.318. The number of rotatable bonds is 2. The fourth-order valence-corrected chi connectivity index (χ4v) is 5.03.